The summed E-state index contributed by atoms with van der Waals surface area (Å²) >= 11 is 1.46. The lowest BCUT2D eigenvalue weighted by molar-refractivity contribution is -0.137. The number of piperidine rings is 1. The van der Waals surface area contributed by atoms with Crippen molar-refractivity contribution < 1.29 is 14.3 Å². The fraction of sp³-hybridized carbons (Fsp3) is 0.429. The summed E-state index contributed by atoms with van der Waals surface area (Å²) in [5.74, 6) is 0.962. The van der Waals surface area contributed by atoms with Crippen LogP contribution in [0.3, 0.4) is 0 Å². The Bertz CT molecular complexity index is 782. The second kappa shape index (κ2) is 8.57. The molecule has 0 spiro atoms. The number of likely N-dealkylation sites (tertiary alicyclic amines) is 1. The van der Waals surface area contributed by atoms with E-state index < -0.39 is 0 Å². The van der Waals surface area contributed by atoms with Gasteiger partial charge in [-0.15, -0.1) is 11.3 Å². The first-order valence-electron chi connectivity index (χ1n) is 9.25. The van der Waals surface area contributed by atoms with E-state index in [1.807, 2.05) is 60.6 Å². The van der Waals surface area contributed by atoms with Gasteiger partial charge in [-0.3, -0.25) is 9.59 Å². The van der Waals surface area contributed by atoms with E-state index in [0.717, 1.165) is 16.2 Å². The molecule has 0 radical (unpaired) electrons. The smallest absolute Gasteiger partial charge is 0.263 e. The maximum Gasteiger partial charge on any atom is 0.263 e. The molecule has 1 aromatic carbocycles. The van der Waals surface area contributed by atoms with Gasteiger partial charge < -0.3 is 14.5 Å². The number of para-hydroxylation sites is 1. The first-order valence-corrected chi connectivity index (χ1v) is 10.1. The molecule has 0 bridgehead atoms. The lowest BCUT2D eigenvalue weighted by Crippen LogP contribution is -2.43. The minimum Gasteiger partial charge on any atom is -0.496 e. The molecule has 2 aromatic rings. The number of amides is 2. The van der Waals surface area contributed by atoms with Crippen molar-refractivity contribution in [3.63, 3.8) is 0 Å². The van der Waals surface area contributed by atoms with Crippen molar-refractivity contribution in [2.24, 2.45) is 5.92 Å². The van der Waals surface area contributed by atoms with Crippen LogP contribution >= 0.6 is 11.3 Å². The topological polar surface area (TPSA) is 49.9 Å². The van der Waals surface area contributed by atoms with Gasteiger partial charge in [0, 0.05) is 31.6 Å². The first kappa shape index (κ1) is 19.4. The highest BCUT2D eigenvalue weighted by Crippen LogP contribution is 2.30. The van der Waals surface area contributed by atoms with Crippen molar-refractivity contribution in [3.05, 3.63) is 52.2 Å². The third-order valence-corrected chi connectivity index (χ3v) is 6.24. The highest BCUT2D eigenvalue weighted by atomic mass is 32.1. The number of carbonyl (C=O) groups excluding carboxylic acids is 2. The minimum absolute atomic E-state index is 0.0421. The van der Waals surface area contributed by atoms with Crippen molar-refractivity contribution in [2.45, 2.75) is 25.8 Å². The Balaban J connectivity index is 1.61. The molecule has 1 aliphatic rings. The third kappa shape index (κ3) is 4.16. The molecule has 0 aliphatic carbocycles. The predicted molar refractivity (Wildman–Crippen MR) is 107 cm³/mol. The number of thiophene rings is 1. The summed E-state index contributed by atoms with van der Waals surface area (Å²) in [6.45, 7) is 3.28. The second-order valence-electron chi connectivity index (χ2n) is 6.91. The molecule has 1 aliphatic heterocycles. The Morgan fingerprint density at radius 3 is 2.52 bits per heavy atom. The van der Waals surface area contributed by atoms with E-state index in [4.69, 9.17) is 4.74 Å². The summed E-state index contributed by atoms with van der Waals surface area (Å²) in [7, 11) is 3.50. The van der Waals surface area contributed by atoms with Crippen LogP contribution in [0.1, 0.15) is 41.0 Å². The zero-order valence-corrected chi connectivity index (χ0v) is 16.9. The number of nitrogens with zero attached hydrogens (tertiary/aromatic N) is 2. The van der Waals surface area contributed by atoms with Crippen LogP contribution in [0.15, 0.2) is 41.8 Å². The Morgan fingerprint density at radius 2 is 1.89 bits per heavy atom. The Kier molecular flexibility index (Phi) is 6.16. The van der Waals surface area contributed by atoms with Crippen LogP contribution in [0, 0.1) is 5.92 Å². The number of hydrogen-bond acceptors (Lipinski definition) is 4. The molecule has 27 heavy (non-hydrogen) atoms. The molecular weight excluding hydrogens is 360 g/mol. The summed E-state index contributed by atoms with van der Waals surface area (Å²) < 4.78 is 5.44. The molecule has 2 amide bonds. The van der Waals surface area contributed by atoms with E-state index in [9.17, 15) is 9.59 Å². The van der Waals surface area contributed by atoms with Crippen LogP contribution in [-0.2, 0) is 4.79 Å². The second-order valence-corrected chi connectivity index (χ2v) is 7.86. The minimum atomic E-state index is -0.0700. The molecule has 144 valence electrons. The average molecular weight is 387 g/mol. The summed E-state index contributed by atoms with van der Waals surface area (Å²) in [4.78, 5) is 29.9. The molecule has 0 N–H and O–H groups in total. The molecule has 1 saturated heterocycles. The largest absolute Gasteiger partial charge is 0.496 e. The zero-order chi connectivity index (χ0) is 19.4. The van der Waals surface area contributed by atoms with E-state index in [-0.39, 0.29) is 23.8 Å². The van der Waals surface area contributed by atoms with Gasteiger partial charge in [0.15, 0.2) is 0 Å². The highest BCUT2D eigenvalue weighted by molar-refractivity contribution is 7.12. The summed E-state index contributed by atoms with van der Waals surface area (Å²) in [6.07, 6.45) is 1.41. The zero-order valence-electron chi connectivity index (χ0n) is 16.1. The molecule has 1 aromatic heterocycles. The van der Waals surface area contributed by atoms with Gasteiger partial charge in [-0.05, 0) is 37.3 Å². The maximum atomic E-state index is 13.0. The van der Waals surface area contributed by atoms with Crippen LogP contribution in [0.5, 0.6) is 5.75 Å². The van der Waals surface area contributed by atoms with Crippen molar-refractivity contribution >= 4 is 23.2 Å². The van der Waals surface area contributed by atoms with E-state index >= 15 is 0 Å². The van der Waals surface area contributed by atoms with Gasteiger partial charge >= 0.3 is 0 Å². The molecule has 1 atom stereocenters. The first-order chi connectivity index (χ1) is 13.0. The Labute approximate surface area is 164 Å². The molecular formula is C21H26N2O3S. The third-order valence-electron chi connectivity index (χ3n) is 5.38. The van der Waals surface area contributed by atoms with Crippen molar-refractivity contribution in [1.29, 1.82) is 0 Å². The maximum absolute atomic E-state index is 13.0. The number of methoxy groups -OCH3 is 1. The quantitative estimate of drug-likeness (QED) is 0.785. The van der Waals surface area contributed by atoms with Crippen LogP contribution in [0.4, 0.5) is 0 Å². The van der Waals surface area contributed by atoms with Gasteiger partial charge in [0.1, 0.15) is 5.75 Å². The molecule has 1 fully saturated rings. The monoisotopic (exact) mass is 386 g/mol. The van der Waals surface area contributed by atoms with Crippen LogP contribution in [-0.4, -0.2) is 48.9 Å². The van der Waals surface area contributed by atoms with Crippen LogP contribution in [0.2, 0.25) is 0 Å². The summed E-state index contributed by atoms with van der Waals surface area (Å²) in [6, 6.07) is 11.5. The van der Waals surface area contributed by atoms with Gasteiger partial charge in [0.05, 0.1) is 18.0 Å². The standard InChI is InChI=1S/C21H26N2O3S/c1-15(17-7-4-5-8-18(17)26-3)22(2)20(24)16-10-12-23(13-11-16)21(25)19-9-6-14-27-19/h4-9,14-16H,10-13H2,1-3H3. The number of carbonyl (C=O) groups is 2. The van der Waals surface area contributed by atoms with E-state index in [1.165, 1.54) is 11.3 Å². The lowest BCUT2D eigenvalue weighted by atomic mass is 9.94. The summed E-state index contributed by atoms with van der Waals surface area (Å²) in [5.41, 5.74) is 1.00. The van der Waals surface area contributed by atoms with Gasteiger partial charge in [0.25, 0.3) is 5.91 Å². The Morgan fingerprint density at radius 1 is 1.19 bits per heavy atom. The van der Waals surface area contributed by atoms with E-state index in [0.29, 0.717) is 25.9 Å². The fourth-order valence-corrected chi connectivity index (χ4v) is 4.28. The number of hydrogen-bond donors (Lipinski definition) is 0. The van der Waals surface area contributed by atoms with Gasteiger partial charge in [-0.2, -0.15) is 0 Å². The SMILES string of the molecule is COc1ccccc1C(C)N(C)C(=O)C1CCN(C(=O)c2cccs2)CC1. The van der Waals surface area contributed by atoms with Gasteiger partial charge in [-0.25, -0.2) is 0 Å². The number of rotatable bonds is 5. The molecule has 0 saturated carbocycles. The lowest BCUT2D eigenvalue weighted by Gasteiger charge is -2.35. The fourth-order valence-electron chi connectivity index (χ4n) is 3.58. The Hall–Kier alpha value is -2.34. The normalized spacial score (nSPS) is 16.0. The molecule has 2 heterocycles. The summed E-state index contributed by atoms with van der Waals surface area (Å²) in [5, 5.41) is 1.91. The molecule has 5 nitrogen and oxygen atoms in total. The van der Waals surface area contributed by atoms with Crippen molar-refractivity contribution in [2.75, 3.05) is 27.2 Å². The predicted octanol–water partition coefficient (Wildman–Crippen LogP) is 3.83. The van der Waals surface area contributed by atoms with Crippen LogP contribution in [0.25, 0.3) is 0 Å². The van der Waals surface area contributed by atoms with E-state index in [1.54, 1.807) is 12.0 Å². The average Bonchev–Trinajstić information content (AvgIpc) is 3.26. The highest BCUT2D eigenvalue weighted by Gasteiger charge is 2.31. The van der Waals surface area contributed by atoms with Gasteiger partial charge in [-0.1, -0.05) is 24.3 Å². The number of benzene rings is 1. The van der Waals surface area contributed by atoms with Crippen molar-refractivity contribution in [1.82, 2.24) is 9.80 Å². The van der Waals surface area contributed by atoms with E-state index in [2.05, 4.69) is 0 Å². The van der Waals surface area contributed by atoms with Gasteiger partial charge in [0.2, 0.25) is 5.91 Å². The number of ether oxygens (including phenoxy) is 1. The van der Waals surface area contributed by atoms with Crippen LogP contribution < -0.4 is 4.74 Å². The molecule has 1 unspecified atom stereocenters. The van der Waals surface area contributed by atoms with Crippen molar-refractivity contribution in [3.8, 4) is 5.75 Å². The molecule has 6 heteroatoms. The molecule has 3 rings (SSSR count).